The average molecular weight is 422 g/mol. The van der Waals surface area contributed by atoms with Crippen molar-refractivity contribution >= 4 is 11.8 Å². The Morgan fingerprint density at radius 2 is 2.13 bits per heavy atom. The van der Waals surface area contributed by atoms with Gasteiger partial charge in [0.15, 0.2) is 11.6 Å². The largest absolute Gasteiger partial charge is 0.381 e. The maximum atomic E-state index is 14.0. The van der Waals surface area contributed by atoms with Gasteiger partial charge in [0.2, 0.25) is 11.8 Å². The third-order valence-electron chi connectivity index (χ3n) is 6.73. The molecule has 1 spiro atoms. The van der Waals surface area contributed by atoms with E-state index >= 15 is 0 Å². The third kappa shape index (κ3) is 4.07. The van der Waals surface area contributed by atoms with Gasteiger partial charge in [-0.2, -0.15) is 0 Å². The number of methoxy groups -OCH3 is 1. The predicted octanol–water partition coefficient (Wildman–Crippen LogP) is 2.37. The minimum atomic E-state index is -0.941. The van der Waals surface area contributed by atoms with Crippen molar-refractivity contribution in [3.8, 4) is 0 Å². The molecule has 1 aromatic carbocycles. The number of nitrogens with one attached hydrogen (secondary N) is 1. The summed E-state index contributed by atoms with van der Waals surface area (Å²) in [7, 11) is 1.67. The number of carbonyl (C=O) groups is 2. The molecule has 2 heterocycles. The summed E-state index contributed by atoms with van der Waals surface area (Å²) in [5, 5.41) is 3.05. The summed E-state index contributed by atoms with van der Waals surface area (Å²) in [4.78, 5) is 27.4. The van der Waals surface area contributed by atoms with Crippen molar-refractivity contribution in [2.45, 2.75) is 49.7 Å². The molecule has 4 atom stereocenters. The van der Waals surface area contributed by atoms with Crippen LogP contribution in [0.4, 0.5) is 8.78 Å². The first kappa shape index (κ1) is 21.2. The second kappa shape index (κ2) is 8.59. The van der Waals surface area contributed by atoms with Gasteiger partial charge in [0, 0.05) is 38.5 Å². The molecule has 0 radical (unpaired) electrons. The molecule has 164 valence electrons. The number of benzene rings is 1. The normalized spacial score (nSPS) is 32.2. The fraction of sp³-hybridized carbons (Fsp3) is 0.636. The highest BCUT2D eigenvalue weighted by atomic mass is 19.2. The van der Waals surface area contributed by atoms with Gasteiger partial charge in [-0.25, -0.2) is 8.78 Å². The van der Waals surface area contributed by atoms with Crippen LogP contribution < -0.4 is 5.32 Å². The molecule has 1 saturated carbocycles. The second-order valence-electron chi connectivity index (χ2n) is 8.67. The zero-order valence-electron chi connectivity index (χ0n) is 17.2. The minimum absolute atomic E-state index is 0.0275. The summed E-state index contributed by atoms with van der Waals surface area (Å²) in [6.45, 7) is 1.12. The van der Waals surface area contributed by atoms with Crippen LogP contribution in [0.3, 0.4) is 0 Å². The molecular weight excluding hydrogens is 394 g/mol. The monoisotopic (exact) mass is 422 g/mol. The van der Waals surface area contributed by atoms with Gasteiger partial charge in [-0.3, -0.25) is 9.59 Å². The Kier molecular flexibility index (Phi) is 6.06. The van der Waals surface area contributed by atoms with E-state index in [0.29, 0.717) is 25.1 Å². The van der Waals surface area contributed by atoms with Crippen LogP contribution in [0.25, 0.3) is 0 Å². The van der Waals surface area contributed by atoms with E-state index < -0.39 is 17.2 Å². The number of hydrogen-bond donors (Lipinski definition) is 1. The SMILES string of the molecule is CO[C@@H]1CCC[C@@H](C(=O)N2C[C@@H](c3ccc(F)c(F)c3)[C@@]3(COCCC(=O)N3)C2)C1. The summed E-state index contributed by atoms with van der Waals surface area (Å²) in [5.74, 6) is -2.52. The number of nitrogens with zero attached hydrogens (tertiary/aromatic N) is 1. The van der Waals surface area contributed by atoms with Crippen LogP contribution in [0.15, 0.2) is 18.2 Å². The average Bonchev–Trinajstić information content (AvgIpc) is 3.00. The number of ether oxygens (including phenoxy) is 2. The smallest absolute Gasteiger partial charge is 0.225 e. The Morgan fingerprint density at radius 1 is 1.30 bits per heavy atom. The molecule has 30 heavy (non-hydrogen) atoms. The zero-order valence-corrected chi connectivity index (χ0v) is 17.2. The molecular formula is C22H28F2N2O4. The van der Waals surface area contributed by atoms with Crippen molar-refractivity contribution in [2.75, 3.05) is 33.4 Å². The molecule has 0 aromatic heterocycles. The Morgan fingerprint density at radius 3 is 2.90 bits per heavy atom. The summed E-state index contributed by atoms with van der Waals surface area (Å²) in [5.41, 5.74) is -0.309. The maximum absolute atomic E-state index is 14.0. The molecule has 6 nitrogen and oxygen atoms in total. The van der Waals surface area contributed by atoms with Crippen molar-refractivity contribution in [3.63, 3.8) is 0 Å². The van der Waals surface area contributed by atoms with Gasteiger partial charge in [-0.1, -0.05) is 12.5 Å². The highest BCUT2D eigenvalue weighted by molar-refractivity contribution is 5.81. The first-order valence-electron chi connectivity index (χ1n) is 10.6. The summed E-state index contributed by atoms with van der Waals surface area (Å²) in [6, 6.07) is 3.78. The number of carbonyl (C=O) groups excluding carboxylic acids is 2. The van der Waals surface area contributed by atoms with E-state index in [1.54, 1.807) is 12.0 Å². The number of rotatable bonds is 3. The molecule has 1 N–H and O–H groups in total. The van der Waals surface area contributed by atoms with Crippen LogP contribution in [0, 0.1) is 17.6 Å². The fourth-order valence-corrected chi connectivity index (χ4v) is 5.14. The lowest BCUT2D eigenvalue weighted by molar-refractivity contribution is -0.137. The lowest BCUT2D eigenvalue weighted by Crippen LogP contribution is -2.56. The van der Waals surface area contributed by atoms with Gasteiger partial charge in [0.1, 0.15) is 0 Å². The Labute approximate surface area is 174 Å². The van der Waals surface area contributed by atoms with Crippen LogP contribution in [0.1, 0.15) is 43.6 Å². The fourth-order valence-electron chi connectivity index (χ4n) is 5.14. The molecule has 2 amide bonds. The molecule has 2 aliphatic heterocycles. The quantitative estimate of drug-likeness (QED) is 0.812. The van der Waals surface area contributed by atoms with E-state index in [4.69, 9.17) is 9.47 Å². The molecule has 2 saturated heterocycles. The van der Waals surface area contributed by atoms with Gasteiger partial charge in [-0.15, -0.1) is 0 Å². The van der Waals surface area contributed by atoms with Crippen LogP contribution in [0.2, 0.25) is 0 Å². The molecule has 8 heteroatoms. The van der Waals surface area contributed by atoms with Crippen LogP contribution >= 0.6 is 0 Å². The molecule has 0 bridgehead atoms. The van der Waals surface area contributed by atoms with Crippen molar-refractivity contribution in [1.29, 1.82) is 0 Å². The first-order valence-corrected chi connectivity index (χ1v) is 10.6. The molecule has 4 rings (SSSR count). The first-order chi connectivity index (χ1) is 14.4. The van der Waals surface area contributed by atoms with Crippen molar-refractivity contribution in [2.24, 2.45) is 5.92 Å². The van der Waals surface area contributed by atoms with E-state index in [9.17, 15) is 18.4 Å². The number of halogens is 2. The highest BCUT2D eigenvalue weighted by Crippen LogP contribution is 2.39. The third-order valence-corrected chi connectivity index (χ3v) is 6.73. The summed E-state index contributed by atoms with van der Waals surface area (Å²) < 4.78 is 38.7. The number of amides is 2. The Hall–Kier alpha value is -2.06. The molecule has 3 fully saturated rings. The minimum Gasteiger partial charge on any atom is -0.381 e. The maximum Gasteiger partial charge on any atom is 0.225 e. The van der Waals surface area contributed by atoms with Crippen molar-refractivity contribution < 1.29 is 27.8 Å². The number of likely N-dealkylation sites (tertiary alicyclic amines) is 1. The lowest BCUT2D eigenvalue weighted by atomic mass is 9.82. The van der Waals surface area contributed by atoms with Crippen LogP contribution in [-0.4, -0.2) is 61.8 Å². The molecule has 3 aliphatic rings. The van der Waals surface area contributed by atoms with E-state index in [-0.39, 0.29) is 49.3 Å². The van der Waals surface area contributed by atoms with Crippen molar-refractivity contribution in [1.82, 2.24) is 10.2 Å². The zero-order chi connectivity index (χ0) is 21.3. The predicted molar refractivity (Wildman–Crippen MR) is 105 cm³/mol. The van der Waals surface area contributed by atoms with E-state index in [1.165, 1.54) is 6.07 Å². The Balaban J connectivity index is 1.62. The van der Waals surface area contributed by atoms with Gasteiger partial charge in [0.25, 0.3) is 0 Å². The summed E-state index contributed by atoms with van der Waals surface area (Å²) >= 11 is 0. The van der Waals surface area contributed by atoms with E-state index in [2.05, 4.69) is 5.32 Å². The molecule has 1 aromatic rings. The van der Waals surface area contributed by atoms with Crippen LogP contribution in [0.5, 0.6) is 0 Å². The van der Waals surface area contributed by atoms with Gasteiger partial charge in [0.05, 0.1) is 24.9 Å². The second-order valence-corrected chi connectivity index (χ2v) is 8.67. The van der Waals surface area contributed by atoms with E-state index in [1.807, 2.05) is 0 Å². The Bertz CT molecular complexity index is 820. The lowest BCUT2D eigenvalue weighted by Gasteiger charge is -2.34. The molecule has 1 aliphatic carbocycles. The van der Waals surface area contributed by atoms with Gasteiger partial charge >= 0.3 is 0 Å². The van der Waals surface area contributed by atoms with Gasteiger partial charge < -0.3 is 19.7 Å². The summed E-state index contributed by atoms with van der Waals surface area (Å²) in [6.07, 6.45) is 3.68. The molecule has 0 unspecified atom stereocenters. The van der Waals surface area contributed by atoms with E-state index in [0.717, 1.165) is 31.4 Å². The number of hydrogen-bond acceptors (Lipinski definition) is 4. The topological polar surface area (TPSA) is 67.9 Å². The van der Waals surface area contributed by atoms with Crippen molar-refractivity contribution in [3.05, 3.63) is 35.4 Å². The van der Waals surface area contributed by atoms with Gasteiger partial charge in [-0.05, 0) is 37.0 Å². The standard InChI is InChI=1S/C22H28F2N2O4/c1-29-16-4-2-3-15(9-16)21(28)26-11-17(14-5-6-18(23)19(24)10-14)22(12-26)13-30-8-7-20(27)25-22/h5-6,10,15-17H,2-4,7-9,11-13H2,1H3,(H,25,27)/t15-,16-,17+,22+/m1/s1. The van der Waals surface area contributed by atoms with Crippen LogP contribution in [-0.2, 0) is 19.1 Å². The highest BCUT2D eigenvalue weighted by Gasteiger charge is 2.51.